The summed E-state index contributed by atoms with van der Waals surface area (Å²) < 4.78 is 39.8. The first-order valence-corrected chi connectivity index (χ1v) is 9.22. The third kappa shape index (κ3) is 3.74. The minimum absolute atomic E-state index is 0.153. The smallest absolute Gasteiger partial charge is 0.347 e. The van der Waals surface area contributed by atoms with Crippen molar-refractivity contribution in [2.75, 3.05) is 5.32 Å². The molecule has 2 N–H and O–H groups in total. The Bertz CT molecular complexity index is 914. The summed E-state index contributed by atoms with van der Waals surface area (Å²) in [6.07, 6.45) is -0.140. The number of alkyl halides is 3. The summed E-state index contributed by atoms with van der Waals surface area (Å²) in [7, 11) is 0. The van der Waals surface area contributed by atoms with Gasteiger partial charge in [-0.2, -0.15) is 13.2 Å². The summed E-state index contributed by atoms with van der Waals surface area (Å²) in [6.45, 7) is 0.614. The lowest BCUT2D eigenvalue weighted by atomic mass is 10.1. The third-order valence-electron chi connectivity index (χ3n) is 4.92. The number of aromatic nitrogens is 2. The SMILES string of the molecule is O=C(Nc1ccc(C(F)(F)F)cc1)c1nc(C(=O)NC2CC2)n2c1CCCC2. The van der Waals surface area contributed by atoms with E-state index in [1.54, 1.807) is 4.57 Å². The average Bonchev–Trinajstić information content (AvgIpc) is 3.38. The lowest BCUT2D eigenvalue weighted by Gasteiger charge is -2.17. The maximum Gasteiger partial charge on any atom is 0.416 e. The highest BCUT2D eigenvalue weighted by Crippen LogP contribution is 2.30. The Kier molecular flexibility index (Phi) is 4.60. The fraction of sp³-hybridized carbons (Fsp3) is 0.421. The molecular formula is C19H19F3N4O2. The monoisotopic (exact) mass is 392 g/mol. The van der Waals surface area contributed by atoms with Crippen molar-refractivity contribution in [3.63, 3.8) is 0 Å². The van der Waals surface area contributed by atoms with Gasteiger partial charge in [-0.25, -0.2) is 4.98 Å². The molecule has 1 aromatic carbocycles. The maximum absolute atomic E-state index is 12.7. The van der Waals surface area contributed by atoms with Crippen LogP contribution in [0.25, 0.3) is 0 Å². The fourth-order valence-corrected chi connectivity index (χ4v) is 3.31. The number of imidazole rings is 1. The molecule has 0 spiro atoms. The van der Waals surface area contributed by atoms with Crippen molar-refractivity contribution in [2.24, 2.45) is 0 Å². The van der Waals surface area contributed by atoms with Crippen LogP contribution in [0.4, 0.5) is 18.9 Å². The number of hydrogen-bond acceptors (Lipinski definition) is 3. The number of halogens is 3. The normalized spacial score (nSPS) is 16.4. The van der Waals surface area contributed by atoms with E-state index in [1.165, 1.54) is 12.1 Å². The summed E-state index contributed by atoms with van der Waals surface area (Å²) >= 11 is 0. The molecule has 9 heteroatoms. The number of benzene rings is 1. The number of nitrogens with one attached hydrogen (secondary N) is 2. The van der Waals surface area contributed by atoms with Gasteiger partial charge in [0.05, 0.1) is 11.3 Å². The van der Waals surface area contributed by atoms with E-state index >= 15 is 0 Å². The number of carbonyl (C=O) groups excluding carboxylic acids is 2. The van der Waals surface area contributed by atoms with E-state index in [-0.39, 0.29) is 29.2 Å². The van der Waals surface area contributed by atoms with Crippen molar-refractivity contribution >= 4 is 17.5 Å². The van der Waals surface area contributed by atoms with Crippen LogP contribution in [0.3, 0.4) is 0 Å². The molecule has 0 atom stereocenters. The molecular weight excluding hydrogens is 373 g/mol. The molecule has 0 radical (unpaired) electrons. The van der Waals surface area contributed by atoms with E-state index in [9.17, 15) is 22.8 Å². The second-order valence-corrected chi connectivity index (χ2v) is 7.12. The van der Waals surface area contributed by atoms with Crippen molar-refractivity contribution in [3.8, 4) is 0 Å². The highest BCUT2D eigenvalue weighted by Gasteiger charge is 2.32. The molecule has 28 heavy (non-hydrogen) atoms. The summed E-state index contributed by atoms with van der Waals surface area (Å²) in [5.41, 5.74) is 0.292. The van der Waals surface area contributed by atoms with E-state index in [0.717, 1.165) is 37.8 Å². The van der Waals surface area contributed by atoms with Crippen LogP contribution in [0.15, 0.2) is 24.3 Å². The Morgan fingerprint density at radius 1 is 1.07 bits per heavy atom. The molecule has 2 aromatic rings. The van der Waals surface area contributed by atoms with E-state index in [1.807, 2.05) is 0 Å². The molecule has 2 heterocycles. The van der Waals surface area contributed by atoms with Crippen LogP contribution in [0.2, 0.25) is 0 Å². The van der Waals surface area contributed by atoms with E-state index < -0.39 is 17.6 Å². The van der Waals surface area contributed by atoms with Gasteiger partial charge in [-0.05, 0) is 56.4 Å². The Morgan fingerprint density at radius 3 is 2.43 bits per heavy atom. The van der Waals surface area contributed by atoms with Gasteiger partial charge in [-0.15, -0.1) is 0 Å². The van der Waals surface area contributed by atoms with Crippen LogP contribution < -0.4 is 10.6 Å². The van der Waals surface area contributed by atoms with E-state index in [4.69, 9.17) is 0 Å². The zero-order valence-corrected chi connectivity index (χ0v) is 15.0. The largest absolute Gasteiger partial charge is 0.416 e. The minimum Gasteiger partial charge on any atom is -0.347 e. The van der Waals surface area contributed by atoms with E-state index in [2.05, 4.69) is 15.6 Å². The molecule has 2 amide bonds. The van der Waals surface area contributed by atoms with Crippen LogP contribution in [-0.4, -0.2) is 27.4 Å². The number of fused-ring (bicyclic) bond motifs is 1. The predicted octanol–water partition coefficient (Wildman–Crippen LogP) is 3.38. The van der Waals surface area contributed by atoms with Crippen LogP contribution in [0.5, 0.6) is 0 Å². The highest BCUT2D eigenvalue weighted by atomic mass is 19.4. The Hall–Kier alpha value is -2.84. The summed E-state index contributed by atoms with van der Waals surface area (Å²) in [5, 5.41) is 5.46. The molecule has 0 bridgehead atoms. The van der Waals surface area contributed by atoms with Gasteiger partial charge in [0.25, 0.3) is 11.8 Å². The number of carbonyl (C=O) groups is 2. The van der Waals surface area contributed by atoms with Gasteiger partial charge in [0.15, 0.2) is 11.5 Å². The minimum atomic E-state index is -4.44. The topological polar surface area (TPSA) is 76.0 Å². The van der Waals surface area contributed by atoms with Crippen LogP contribution in [0, 0.1) is 0 Å². The Balaban J connectivity index is 1.56. The van der Waals surface area contributed by atoms with E-state index in [0.29, 0.717) is 18.7 Å². The summed E-state index contributed by atoms with van der Waals surface area (Å²) in [4.78, 5) is 29.4. The van der Waals surface area contributed by atoms with Gasteiger partial charge in [0.1, 0.15) is 0 Å². The quantitative estimate of drug-likeness (QED) is 0.838. The predicted molar refractivity (Wildman–Crippen MR) is 95.1 cm³/mol. The first kappa shape index (κ1) is 18.5. The van der Waals surface area contributed by atoms with Crippen LogP contribution in [-0.2, 0) is 19.1 Å². The zero-order chi connectivity index (χ0) is 19.9. The lowest BCUT2D eigenvalue weighted by molar-refractivity contribution is -0.137. The fourth-order valence-electron chi connectivity index (χ4n) is 3.31. The number of rotatable bonds is 4. The molecule has 0 saturated heterocycles. The molecule has 2 aliphatic rings. The van der Waals surface area contributed by atoms with Crippen molar-refractivity contribution in [2.45, 2.75) is 50.9 Å². The van der Waals surface area contributed by atoms with Gasteiger partial charge in [-0.1, -0.05) is 0 Å². The molecule has 1 aliphatic heterocycles. The number of anilines is 1. The van der Waals surface area contributed by atoms with Crippen molar-refractivity contribution < 1.29 is 22.8 Å². The average molecular weight is 392 g/mol. The van der Waals surface area contributed by atoms with Gasteiger partial charge >= 0.3 is 6.18 Å². The van der Waals surface area contributed by atoms with Crippen molar-refractivity contribution in [3.05, 3.63) is 47.0 Å². The van der Waals surface area contributed by atoms with Gasteiger partial charge < -0.3 is 15.2 Å². The Labute approximate surface area is 159 Å². The first-order chi connectivity index (χ1) is 13.3. The first-order valence-electron chi connectivity index (χ1n) is 9.22. The number of amides is 2. The molecule has 1 aromatic heterocycles. The standard InChI is InChI=1S/C19H19F3N4O2/c20-19(21,22)11-4-6-12(7-5-11)23-17(27)15-14-3-1-2-10-26(14)16(25-15)18(28)24-13-8-9-13/h4-7,13H,1-3,8-10H2,(H,23,27)(H,24,28). The van der Waals surface area contributed by atoms with Gasteiger partial charge in [0, 0.05) is 18.3 Å². The Morgan fingerprint density at radius 2 is 1.79 bits per heavy atom. The maximum atomic E-state index is 12.7. The highest BCUT2D eigenvalue weighted by molar-refractivity contribution is 6.05. The molecule has 0 unspecified atom stereocenters. The molecule has 1 saturated carbocycles. The van der Waals surface area contributed by atoms with Crippen LogP contribution >= 0.6 is 0 Å². The lowest BCUT2D eigenvalue weighted by Crippen LogP contribution is -2.29. The van der Waals surface area contributed by atoms with Gasteiger partial charge in [-0.3, -0.25) is 9.59 Å². The third-order valence-corrected chi connectivity index (χ3v) is 4.92. The molecule has 1 fully saturated rings. The molecule has 1 aliphatic carbocycles. The second kappa shape index (κ2) is 6.96. The van der Waals surface area contributed by atoms with Gasteiger partial charge in [0.2, 0.25) is 0 Å². The molecule has 6 nitrogen and oxygen atoms in total. The zero-order valence-electron chi connectivity index (χ0n) is 15.0. The van der Waals surface area contributed by atoms with Crippen molar-refractivity contribution in [1.29, 1.82) is 0 Å². The van der Waals surface area contributed by atoms with Crippen LogP contribution in [0.1, 0.15) is 58.0 Å². The van der Waals surface area contributed by atoms with Crippen molar-refractivity contribution in [1.82, 2.24) is 14.9 Å². The summed E-state index contributed by atoms with van der Waals surface area (Å²) in [5.74, 6) is -0.603. The summed E-state index contributed by atoms with van der Waals surface area (Å²) in [6, 6.07) is 4.39. The number of nitrogens with zero attached hydrogens (tertiary/aromatic N) is 2. The molecule has 148 valence electrons. The molecule has 4 rings (SSSR count). The second-order valence-electron chi connectivity index (χ2n) is 7.12. The number of hydrogen-bond donors (Lipinski definition) is 2.